The summed E-state index contributed by atoms with van der Waals surface area (Å²) in [4.78, 5) is 26.5. The average Bonchev–Trinajstić information content (AvgIpc) is 3.25. The molecule has 1 unspecified atom stereocenters. The van der Waals surface area contributed by atoms with Crippen LogP contribution in [-0.4, -0.2) is 44.0 Å². The highest BCUT2D eigenvalue weighted by atomic mass is 35.5. The number of rotatable bonds is 8. The van der Waals surface area contributed by atoms with Crippen molar-refractivity contribution in [3.05, 3.63) is 24.3 Å². The summed E-state index contributed by atoms with van der Waals surface area (Å²) in [5, 5.41) is 8.76. The van der Waals surface area contributed by atoms with Crippen LogP contribution in [0, 0.1) is 5.92 Å². The number of amides is 2. The van der Waals surface area contributed by atoms with Gasteiger partial charge in [0, 0.05) is 24.5 Å². The number of benzene rings is 1. The molecule has 8 heteroatoms. The van der Waals surface area contributed by atoms with Crippen LogP contribution in [0.3, 0.4) is 0 Å². The van der Waals surface area contributed by atoms with Crippen molar-refractivity contribution in [2.45, 2.75) is 38.6 Å². The molecule has 2 fully saturated rings. The first kappa shape index (κ1) is 23.5. The van der Waals surface area contributed by atoms with Gasteiger partial charge in [-0.05, 0) is 63.3 Å². The Morgan fingerprint density at radius 3 is 2.56 bits per heavy atom. The average molecular weight is 417 g/mol. The number of nitrogens with zero attached hydrogens (tertiary/aromatic N) is 1. The first-order valence-electron chi connectivity index (χ1n) is 9.28. The van der Waals surface area contributed by atoms with Crippen LogP contribution in [0.25, 0.3) is 0 Å². The van der Waals surface area contributed by atoms with Gasteiger partial charge in [0.05, 0.1) is 6.54 Å². The topological polar surface area (TPSA) is 73.5 Å². The SMILES string of the molecule is CC(NC(=O)CNCC1CC1)C(=O)Nc1cccc(N2CCCC2)c1.Cl.Cl. The predicted octanol–water partition coefficient (Wildman–Crippen LogP) is 2.57. The van der Waals surface area contributed by atoms with E-state index in [2.05, 4.69) is 26.9 Å². The molecular formula is C19H30Cl2N4O2. The van der Waals surface area contributed by atoms with Crippen LogP contribution in [0.5, 0.6) is 0 Å². The Morgan fingerprint density at radius 2 is 1.89 bits per heavy atom. The molecule has 0 bridgehead atoms. The van der Waals surface area contributed by atoms with E-state index in [0.717, 1.165) is 36.9 Å². The van der Waals surface area contributed by atoms with Crippen LogP contribution in [0.4, 0.5) is 11.4 Å². The van der Waals surface area contributed by atoms with E-state index in [4.69, 9.17) is 0 Å². The Hall–Kier alpha value is -1.50. The number of halogens is 2. The fraction of sp³-hybridized carbons (Fsp3) is 0.579. The Labute approximate surface area is 173 Å². The zero-order valence-electron chi connectivity index (χ0n) is 15.7. The van der Waals surface area contributed by atoms with Crippen molar-refractivity contribution in [1.29, 1.82) is 0 Å². The van der Waals surface area contributed by atoms with E-state index in [1.807, 2.05) is 18.2 Å². The van der Waals surface area contributed by atoms with Gasteiger partial charge in [0.25, 0.3) is 0 Å². The minimum absolute atomic E-state index is 0. The molecule has 0 radical (unpaired) electrons. The van der Waals surface area contributed by atoms with Gasteiger partial charge >= 0.3 is 0 Å². The summed E-state index contributed by atoms with van der Waals surface area (Å²) in [6, 6.07) is 7.33. The lowest BCUT2D eigenvalue weighted by atomic mass is 10.2. The summed E-state index contributed by atoms with van der Waals surface area (Å²) in [7, 11) is 0. The Kier molecular flexibility index (Phi) is 9.91. The summed E-state index contributed by atoms with van der Waals surface area (Å²) in [6.07, 6.45) is 4.94. The maximum Gasteiger partial charge on any atom is 0.246 e. The van der Waals surface area contributed by atoms with E-state index in [1.54, 1.807) is 6.92 Å². The Morgan fingerprint density at radius 1 is 1.19 bits per heavy atom. The van der Waals surface area contributed by atoms with E-state index in [0.29, 0.717) is 0 Å². The molecule has 2 aliphatic rings. The fourth-order valence-corrected chi connectivity index (χ4v) is 3.08. The predicted molar refractivity (Wildman–Crippen MR) is 114 cm³/mol. The zero-order chi connectivity index (χ0) is 17.6. The van der Waals surface area contributed by atoms with Crippen LogP contribution in [-0.2, 0) is 9.59 Å². The van der Waals surface area contributed by atoms with Crippen LogP contribution >= 0.6 is 24.8 Å². The van der Waals surface area contributed by atoms with Crippen molar-refractivity contribution in [1.82, 2.24) is 10.6 Å². The molecule has 1 saturated carbocycles. The molecule has 1 aliphatic carbocycles. The van der Waals surface area contributed by atoms with Crippen molar-refractivity contribution in [2.24, 2.45) is 5.92 Å². The van der Waals surface area contributed by atoms with Gasteiger partial charge in [-0.15, -0.1) is 24.8 Å². The van der Waals surface area contributed by atoms with E-state index in [1.165, 1.54) is 25.7 Å². The summed E-state index contributed by atoms with van der Waals surface area (Å²) in [5.74, 6) is 0.389. The molecule has 3 rings (SSSR count). The number of carbonyl (C=O) groups is 2. The molecule has 1 atom stereocenters. The van der Waals surface area contributed by atoms with Crippen molar-refractivity contribution < 1.29 is 9.59 Å². The van der Waals surface area contributed by atoms with Gasteiger partial charge in [-0.3, -0.25) is 9.59 Å². The third-order valence-corrected chi connectivity index (χ3v) is 4.77. The number of carbonyl (C=O) groups excluding carboxylic acids is 2. The number of anilines is 2. The molecule has 1 aliphatic heterocycles. The van der Waals surface area contributed by atoms with Gasteiger partial charge in [-0.2, -0.15) is 0 Å². The molecule has 1 saturated heterocycles. The summed E-state index contributed by atoms with van der Waals surface area (Å²) in [5.41, 5.74) is 1.90. The highest BCUT2D eigenvalue weighted by molar-refractivity contribution is 5.97. The van der Waals surface area contributed by atoms with Crippen molar-refractivity contribution in [2.75, 3.05) is 36.4 Å². The van der Waals surface area contributed by atoms with Crippen LogP contribution in [0.1, 0.15) is 32.6 Å². The van der Waals surface area contributed by atoms with E-state index >= 15 is 0 Å². The van der Waals surface area contributed by atoms with Crippen LogP contribution < -0.4 is 20.9 Å². The molecule has 2 amide bonds. The lowest BCUT2D eigenvalue weighted by Gasteiger charge is -2.19. The third-order valence-electron chi connectivity index (χ3n) is 4.77. The monoisotopic (exact) mass is 416 g/mol. The summed E-state index contributed by atoms with van der Waals surface area (Å²) in [6.45, 7) is 4.99. The smallest absolute Gasteiger partial charge is 0.246 e. The lowest BCUT2D eigenvalue weighted by Crippen LogP contribution is -2.45. The van der Waals surface area contributed by atoms with Gasteiger partial charge < -0.3 is 20.9 Å². The van der Waals surface area contributed by atoms with E-state index in [9.17, 15) is 9.59 Å². The highest BCUT2D eigenvalue weighted by Crippen LogP contribution is 2.27. The van der Waals surface area contributed by atoms with Crippen molar-refractivity contribution in [3.8, 4) is 0 Å². The van der Waals surface area contributed by atoms with Gasteiger partial charge in [0.2, 0.25) is 11.8 Å². The maximum atomic E-state index is 12.3. The molecule has 1 aromatic carbocycles. The van der Waals surface area contributed by atoms with Crippen molar-refractivity contribution >= 4 is 48.0 Å². The van der Waals surface area contributed by atoms with Gasteiger partial charge in [0.15, 0.2) is 0 Å². The second-order valence-corrected chi connectivity index (χ2v) is 7.10. The number of hydrogen-bond acceptors (Lipinski definition) is 4. The molecule has 27 heavy (non-hydrogen) atoms. The quantitative estimate of drug-likeness (QED) is 0.608. The largest absolute Gasteiger partial charge is 0.371 e. The normalized spacial score (nSPS) is 16.7. The first-order valence-corrected chi connectivity index (χ1v) is 9.28. The molecule has 3 N–H and O–H groups in total. The summed E-state index contributed by atoms with van der Waals surface area (Å²) >= 11 is 0. The fourth-order valence-electron chi connectivity index (χ4n) is 3.08. The Bertz CT molecular complexity index is 619. The van der Waals surface area contributed by atoms with Gasteiger partial charge in [-0.25, -0.2) is 0 Å². The molecule has 152 valence electrons. The van der Waals surface area contributed by atoms with Gasteiger partial charge in [-0.1, -0.05) is 6.07 Å². The minimum atomic E-state index is -0.564. The Balaban J connectivity index is 0.00000182. The molecule has 1 heterocycles. The summed E-state index contributed by atoms with van der Waals surface area (Å²) < 4.78 is 0. The first-order chi connectivity index (χ1) is 12.1. The third kappa shape index (κ3) is 7.56. The van der Waals surface area contributed by atoms with Crippen LogP contribution in [0.2, 0.25) is 0 Å². The van der Waals surface area contributed by atoms with Crippen molar-refractivity contribution in [3.63, 3.8) is 0 Å². The number of hydrogen-bond donors (Lipinski definition) is 3. The van der Waals surface area contributed by atoms with E-state index < -0.39 is 6.04 Å². The van der Waals surface area contributed by atoms with E-state index in [-0.39, 0.29) is 43.2 Å². The molecule has 1 aromatic rings. The zero-order valence-corrected chi connectivity index (χ0v) is 17.3. The second-order valence-electron chi connectivity index (χ2n) is 7.10. The minimum Gasteiger partial charge on any atom is -0.371 e. The lowest BCUT2D eigenvalue weighted by molar-refractivity contribution is -0.125. The maximum absolute atomic E-state index is 12.3. The van der Waals surface area contributed by atoms with Crippen LogP contribution in [0.15, 0.2) is 24.3 Å². The molecule has 0 aromatic heterocycles. The molecule has 6 nitrogen and oxygen atoms in total. The highest BCUT2D eigenvalue weighted by Gasteiger charge is 2.21. The standard InChI is InChI=1S/C19H28N4O2.2ClH/c1-14(21-18(24)13-20-12-15-7-8-15)19(25)22-16-5-4-6-17(11-16)23-9-2-3-10-23;;/h4-6,11,14-15,20H,2-3,7-10,12-13H2,1H3,(H,21,24)(H,22,25);2*1H. The van der Waals surface area contributed by atoms with Gasteiger partial charge in [0.1, 0.15) is 6.04 Å². The molecular weight excluding hydrogens is 387 g/mol. The molecule has 0 spiro atoms. The number of nitrogens with one attached hydrogen (secondary N) is 3. The second kappa shape index (κ2) is 11.4.